The van der Waals surface area contributed by atoms with Crippen LogP contribution in [0.4, 0.5) is 10.1 Å². The second kappa shape index (κ2) is 12.9. The first-order valence-electron chi connectivity index (χ1n) is 12.2. The normalized spacial score (nSPS) is 12.0. The van der Waals surface area contributed by atoms with Gasteiger partial charge in [-0.1, -0.05) is 54.9 Å². The fourth-order valence-corrected chi connectivity index (χ4v) is 5.76. The Bertz CT molecular complexity index is 1370. The van der Waals surface area contributed by atoms with Gasteiger partial charge in [-0.05, 0) is 67.8 Å². The highest BCUT2D eigenvalue weighted by Crippen LogP contribution is 2.31. The van der Waals surface area contributed by atoms with Gasteiger partial charge >= 0.3 is 0 Å². The molecule has 3 aromatic carbocycles. The molecule has 0 aromatic heterocycles. The van der Waals surface area contributed by atoms with Crippen LogP contribution in [0.25, 0.3) is 0 Å². The minimum absolute atomic E-state index is 0.00743. The number of hydrogen-bond acceptors (Lipinski definition) is 4. The van der Waals surface area contributed by atoms with Crippen molar-refractivity contribution in [3.05, 3.63) is 94.8 Å². The van der Waals surface area contributed by atoms with Crippen LogP contribution in [-0.2, 0) is 26.2 Å². The maximum Gasteiger partial charge on any atom is 0.264 e. The zero-order chi connectivity index (χ0) is 27.9. The minimum Gasteiger partial charge on any atom is -0.355 e. The Balaban J connectivity index is 2.09. The molecule has 0 fully saturated rings. The van der Waals surface area contributed by atoms with E-state index in [2.05, 4.69) is 5.32 Å². The first-order chi connectivity index (χ1) is 18.1. The molecule has 2 amide bonds. The van der Waals surface area contributed by atoms with Crippen molar-refractivity contribution >= 4 is 39.1 Å². The van der Waals surface area contributed by atoms with Crippen LogP contribution in [0.1, 0.15) is 31.4 Å². The van der Waals surface area contributed by atoms with Gasteiger partial charge < -0.3 is 10.2 Å². The predicted molar refractivity (Wildman–Crippen MR) is 147 cm³/mol. The molecule has 1 atom stereocenters. The molecule has 0 aliphatic heterocycles. The molecule has 1 unspecified atom stereocenters. The summed E-state index contributed by atoms with van der Waals surface area (Å²) in [6, 6.07) is 17.4. The number of likely N-dealkylation sites (N-methyl/N-ethyl adjacent to an activating group) is 1. The number of benzene rings is 3. The summed E-state index contributed by atoms with van der Waals surface area (Å²) in [4.78, 5) is 28.2. The van der Waals surface area contributed by atoms with E-state index in [9.17, 15) is 22.4 Å². The molecule has 1 N–H and O–H groups in total. The Morgan fingerprint density at radius 1 is 0.974 bits per heavy atom. The molecule has 3 rings (SSSR count). The molecule has 0 bridgehead atoms. The van der Waals surface area contributed by atoms with Gasteiger partial charge in [-0.2, -0.15) is 0 Å². The summed E-state index contributed by atoms with van der Waals surface area (Å²) in [7, 11) is -4.19. The molecule has 38 heavy (non-hydrogen) atoms. The van der Waals surface area contributed by atoms with E-state index in [0.29, 0.717) is 29.1 Å². The molecule has 0 radical (unpaired) electrons. The molecule has 7 nitrogen and oxygen atoms in total. The number of hydrogen-bond donors (Lipinski definition) is 1. The summed E-state index contributed by atoms with van der Waals surface area (Å²) in [6.45, 7) is 4.99. The Morgan fingerprint density at radius 3 is 2.24 bits per heavy atom. The number of sulfonamides is 1. The first kappa shape index (κ1) is 29.1. The number of nitrogens with one attached hydrogen (secondary N) is 1. The highest BCUT2D eigenvalue weighted by atomic mass is 35.5. The quantitative estimate of drug-likeness (QED) is 0.361. The molecule has 0 aliphatic carbocycles. The lowest BCUT2D eigenvalue weighted by atomic mass is 10.1. The van der Waals surface area contributed by atoms with Crippen LogP contribution in [-0.4, -0.2) is 44.3 Å². The second-order valence-corrected chi connectivity index (χ2v) is 10.9. The molecule has 10 heteroatoms. The van der Waals surface area contributed by atoms with Crippen LogP contribution < -0.4 is 9.62 Å². The lowest BCUT2D eigenvalue weighted by Gasteiger charge is -2.33. The van der Waals surface area contributed by atoms with E-state index in [1.54, 1.807) is 57.2 Å². The van der Waals surface area contributed by atoms with Gasteiger partial charge in [-0.3, -0.25) is 13.9 Å². The van der Waals surface area contributed by atoms with E-state index in [4.69, 9.17) is 11.6 Å². The fourth-order valence-electron chi connectivity index (χ4n) is 4.10. The van der Waals surface area contributed by atoms with Gasteiger partial charge in [0.15, 0.2) is 0 Å². The van der Waals surface area contributed by atoms with Gasteiger partial charge in [-0.15, -0.1) is 0 Å². The van der Waals surface area contributed by atoms with Crippen LogP contribution >= 0.6 is 11.6 Å². The molecular formula is C28H31ClFN3O4S. The number of rotatable bonds is 11. The van der Waals surface area contributed by atoms with Crippen molar-refractivity contribution in [2.75, 3.05) is 17.4 Å². The number of halogens is 2. The smallest absolute Gasteiger partial charge is 0.264 e. The third-order valence-electron chi connectivity index (χ3n) is 6.12. The number of amides is 2. The van der Waals surface area contributed by atoms with E-state index < -0.39 is 34.3 Å². The van der Waals surface area contributed by atoms with Gasteiger partial charge in [0, 0.05) is 18.1 Å². The highest BCUT2D eigenvalue weighted by molar-refractivity contribution is 7.92. The van der Waals surface area contributed by atoms with E-state index in [1.165, 1.54) is 41.3 Å². The van der Waals surface area contributed by atoms with E-state index >= 15 is 0 Å². The molecule has 0 aliphatic rings. The van der Waals surface area contributed by atoms with E-state index in [1.807, 2.05) is 0 Å². The van der Waals surface area contributed by atoms with Crippen molar-refractivity contribution in [1.29, 1.82) is 0 Å². The fraction of sp³-hybridized carbons (Fsp3) is 0.286. The van der Waals surface area contributed by atoms with Gasteiger partial charge in [0.05, 0.1) is 10.6 Å². The Labute approximate surface area is 228 Å². The van der Waals surface area contributed by atoms with Gasteiger partial charge in [-0.25, -0.2) is 12.8 Å². The topological polar surface area (TPSA) is 86.8 Å². The average Bonchev–Trinajstić information content (AvgIpc) is 2.90. The number of carbonyl (C=O) groups is 2. The van der Waals surface area contributed by atoms with Crippen LogP contribution in [0.5, 0.6) is 0 Å². The lowest BCUT2D eigenvalue weighted by Crippen LogP contribution is -2.52. The Kier molecular flexibility index (Phi) is 9.88. The van der Waals surface area contributed by atoms with Crippen molar-refractivity contribution in [2.24, 2.45) is 0 Å². The summed E-state index contributed by atoms with van der Waals surface area (Å²) in [5.41, 5.74) is 1.34. The monoisotopic (exact) mass is 559 g/mol. The van der Waals surface area contributed by atoms with Crippen LogP contribution in [0, 0.1) is 12.7 Å². The van der Waals surface area contributed by atoms with E-state index in [0.717, 1.165) is 4.31 Å². The number of anilines is 1. The number of nitrogens with zero attached hydrogens (tertiary/aromatic N) is 2. The highest BCUT2D eigenvalue weighted by Gasteiger charge is 2.34. The summed E-state index contributed by atoms with van der Waals surface area (Å²) in [5, 5.41) is 3.09. The largest absolute Gasteiger partial charge is 0.355 e. The van der Waals surface area contributed by atoms with Crippen molar-refractivity contribution in [3.63, 3.8) is 0 Å². The third-order valence-corrected chi connectivity index (χ3v) is 8.30. The summed E-state index contributed by atoms with van der Waals surface area (Å²) in [6.07, 6.45) is 0.292. The average molecular weight is 560 g/mol. The lowest BCUT2D eigenvalue weighted by molar-refractivity contribution is -0.140. The zero-order valence-corrected chi connectivity index (χ0v) is 23.1. The van der Waals surface area contributed by atoms with Crippen LogP contribution in [0.2, 0.25) is 5.02 Å². The molecule has 0 spiro atoms. The van der Waals surface area contributed by atoms with Gasteiger partial charge in [0.25, 0.3) is 10.0 Å². The SMILES string of the molecule is CCNC(=O)C(CC)N(Cc1ccc(F)cc1)C(=O)CN(c1cccc(Cl)c1C)S(=O)(=O)c1ccccc1. The van der Waals surface area contributed by atoms with Crippen molar-refractivity contribution in [3.8, 4) is 0 Å². The van der Waals surface area contributed by atoms with Gasteiger partial charge in [0.2, 0.25) is 11.8 Å². The van der Waals surface area contributed by atoms with Gasteiger partial charge in [0.1, 0.15) is 18.4 Å². The van der Waals surface area contributed by atoms with Crippen LogP contribution in [0.3, 0.4) is 0 Å². The maximum absolute atomic E-state index is 13.9. The third kappa shape index (κ3) is 6.71. The van der Waals surface area contributed by atoms with Crippen molar-refractivity contribution in [1.82, 2.24) is 10.2 Å². The summed E-state index contributed by atoms with van der Waals surface area (Å²) >= 11 is 6.32. The van der Waals surface area contributed by atoms with E-state index in [-0.39, 0.29) is 23.0 Å². The second-order valence-electron chi connectivity index (χ2n) is 8.68. The molecule has 0 saturated carbocycles. The summed E-state index contributed by atoms with van der Waals surface area (Å²) in [5.74, 6) is -1.38. The van der Waals surface area contributed by atoms with Crippen LogP contribution in [0.15, 0.2) is 77.7 Å². The Morgan fingerprint density at radius 2 is 1.63 bits per heavy atom. The molecule has 0 heterocycles. The Hall–Kier alpha value is -3.43. The predicted octanol–water partition coefficient (Wildman–Crippen LogP) is 4.93. The zero-order valence-electron chi connectivity index (χ0n) is 21.5. The maximum atomic E-state index is 13.9. The van der Waals surface area contributed by atoms with Crippen molar-refractivity contribution in [2.45, 2.75) is 44.7 Å². The van der Waals surface area contributed by atoms with Crippen molar-refractivity contribution < 1.29 is 22.4 Å². The molecule has 202 valence electrons. The minimum atomic E-state index is -4.19. The molecule has 3 aromatic rings. The number of carbonyl (C=O) groups excluding carboxylic acids is 2. The first-order valence-corrected chi connectivity index (χ1v) is 14.1. The molecular weight excluding hydrogens is 529 g/mol. The molecule has 0 saturated heterocycles. The summed E-state index contributed by atoms with van der Waals surface area (Å²) < 4.78 is 42.2. The standard InChI is InChI=1S/C28H31ClFN3O4S/c1-4-25(28(35)31-5-2)32(18-21-14-16-22(30)17-15-21)27(34)19-33(26-13-9-12-24(29)20(26)3)38(36,37)23-10-7-6-8-11-23/h6-17,25H,4-5,18-19H2,1-3H3,(H,31,35).